The number of para-hydroxylation sites is 2. The van der Waals surface area contributed by atoms with Crippen molar-refractivity contribution in [2.45, 2.75) is 26.7 Å². The number of ether oxygens (including phenoxy) is 1. The summed E-state index contributed by atoms with van der Waals surface area (Å²) in [6, 6.07) is 5.91. The first-order valence-electron chi connectivity index (χ1n) is 7.92. The number of hydrogen-bond donors (Lipinski definition) is 1. The molecule has 7 nitrogen and oxygen atoms in total. The fourth-order valence-corrected chi connectivity index (χ4v) is 2.46. The number of benzene rings is 1. The number of carbonyl (C=O) groups is 1. The van der Waals surface area contributed by atoms with E-state index in [9.17, 15) is 14.9 Å². The highest BCUT2D eigenvalue weighted by atomic mass is 16.6. The second-order valence-electron chi connectivity index (χ2n) is 5.98. The van der Waals surface area contributed by atoms with Gasteiger partial charge in [-0.3, -0.25) is 14.9 Å². The van der Waals surface area contributed by atoms with E-state index in [2.05, 4.69) is 23.2 Å². The van der Waals surface area contributed by atoms with E-state index in [0.29, 0.717) is 5.92 Å². The Labute approximate surface area is 146 Å². The maximum atomic E-state index is 11.9. The lowest BCUT2D eigenvalue weighted by molar-refractivity contribution is -0.385. The largest absolute Gasteiger partial charge is 0.477 e. The molecule has 1 aromatic carbocycles. The number of nitrogens with one attached hydrogen (secondary N) is 1. The molecular formula is C18H21N3O4. The van der Waals surface area contributed by atoms with Crippen molar-refractivity contribution in [1.29, 1.82) is 0 Å². The quantitative estimate of drug-likeness (QED) is 0.487. The highest BCUT2D eigenvalue weighted by molar-refractivity contribution is 6.01. The van der Waals surface area contributed by atoms with Crippen LogP contribution in [0.2, 0.25) is 0 Å². The van der Waals surface area contributed by atoms with Crippen molar-refractivity contribution in [1.82, 2.24) is 5.43 Å². The first kappa shape index (κ1) is 18.4. The molecule has 0 fully saturated rings. The molecular weight excluding hydrogens is 322 g/mol. The summed E-state index contributed by atoms with van der Waals surface area (Å²) in [6.45, 7) is 7.55. The highest BCUT2D eigenvalue weighted by Crippen LogP contribution is 2.27. The molecule has 0 aromatic heterocycles. The molecule has 132 valence electrons. The van der Waals surface area contributed by atoms with Crippen LogP contribution in [0.3, 0.4) is 0 Å². The second kappa shape index (κ2) is 8.23. The van der Waals surface area contributed by atoms with Gasteiger partial charge in [-0.1, -0.05) is 30.4 Å². The summed E-state index contributed by atoms with van der Waals surface area (Å²) in [5, 5.41) is 15.1. The van der Waals surface area contributed by atoms with Crippen LogP contribution < -0.4 is 10.2 Å². The molecule has 25 heavy (non-hydrogen) atoms. The van der Waals surface area contributed by atoms with Gasteiger partial charge in [0.25, 0.3) is 5.91 Å². The Balaban J connectivity index is 1.95. The van der Waals surface area contributed by atoms with E-state index in [-0.39, 0.29) is 18.0 Å². The Bertz CT molecular complexity index is 752. The van der Waals surface area contributed by atoms with Crippen molar-refractivity contribution >= 4 is 17.3 Å². The van der Waals surface area contributed by atoms with Crippen LogP contribution in [0.5, 0.6) is 5.75 Å². The summed E-state index contributed by atoms with van der Waals surface area (Å²) < 4.78 is 5.23. The molecule has 0 bridgehead atoms. The zero-order chi connectivity index (χ0) is 18.4. The van der Waals surface area contributed by atoms with Crippen LogP contribution in [0.15, 0.2) is 53.2 Å². The Hall–Kier alpha value is -2.96. The summed E-state index contributed by atoms with van der Waals surface area (Å²) in [4.78, 5) is 22.3. The van der Waals surface area contributed by atoms with Crippen LogP contribution in [-0.2, 0) is 4.79 Å². The number of rotatable bonds is 6. The number of hydrogen-bond acceptors (Lipinski definition) is 5. The third kappa shape index (κ3) is 5.00. The highest BCUT2D eigenvalue weighted by Gasteiger charge is 2.19. The Morgan fingerprint density at radius 1 is 1.48 bits per heavy atom. The van der Waals surface area contributed by atoms with Crippen LogP contribution in [0.1, 0.15) is 26.7 Å². The number of nitro groups is 1. The number of allylic oxidation sites excluding steroid dienone is 3. The molecule has 0 saturated heterocycles. The normalized spacial score (nSPS) is 18.4. The lowest BCUT2D eigenvalue weighted by Crippen LogP contribution is -2.27. The second-order valence-corrected chi connectivity index (χ2v) is 5.98. The van der Waals surface area contributed by atoms with E-state index in [1.807, 2.05) is 13.8 Å². The van der Waals surface area contributed by atoms with Gasteiger partial charge >= 0.3 is 5.69 Å². The Kier molecular flexibility index (Phi) is 6.05. The fourth-order valence-electron chi connectivity index (χ4n) is 2.46. The van der Waals surface area contributed by atoms with Gasteiger partial charge < -0.3 is 4.74 Å². The molecule has 1 atom stereocenters. The molecule has 1 N–H and O–H groups in total. The van der Waals surface area contributed by atoms with E-state index >= 15 is 0 Å². The smallest absolute Gasteiger partial charge is 0.310 e. The molecule has 0 radical (unpaired) electrons. The molecule has 0 aliphatic heterocycles. The fraction of sp³-hybridized carbons (Fsp3) is 0.333. The maximum absolute atomic E-state index is 11.9. The van der Waals surface area contributed by atoms with E-state index in [1.165, 1.54) is 18.2 Å². The maximum Gasteiger partial charge on any atom is 0.310 e. The van der Waals surface area contributed by atoms with E-state index < -0.39 is 10.8 Å². The molecule has 2 rings (SSSR count). The van der Waals surface area contributed by atoms with Crippen LogP contribution >= 0.6 is 0 Å². The van der Waals surface area contributed by atoms with Crippen molar-refractivity contribution in [3.05, 3.63) is 58.2 Å². The number of nitro benzene ring substituents is 1. The molecule has 1 aliphatic carbocycles. The van der Waals surface area contributed by atoms with Gasteiger partial charge in [0.05, 0.1) is 10.6 Å². The zero-order valence-corrected chi connectivity index (χ0v) is 14.3. The predicted molar refractivity (Wildman–Crippen MR) is 95.5 cm³/mol. The average Bonchev–Trinajstić information content (AvgIpc) is 2.59. The molecule has 0 unspecified atom stereocenters. The molecule has 1 aliphatic rings. The molecule has 1 amide bonds. The van der Waals surface area contributed by atoms with Crippen molar-refractivity contribution < 1.29 is 14.5 Å². The predicted octanol–water partition coefficient (Wildman–Crippen LogP) is 3.38. The van der Waals surface area contributed by atoms with Gasteiger partial charge in [0.1, 0.15) is 0 Å². The van der Waals surface area contributed by atoms with Crippen molar-refractivity contribution in [3.63, 3.8) is 0 Å². The minimum Gasteiger partial charge on any atom is -0.477 e. The zero-order valence-electron chi connectivity index (χ0n) is 14.3. The Morgan fingerprint density at radius 2 is 2.20 bits per heavy atom. The van der Waals surface area contributed by atoms with Crippen molar-refractivity contribution in [2.24, 2.45) is 11.0 Å². The molecule has 0 spiro atoms. The SMILES string of the molecule is C=C(C)[C@@H]1CC=C(C)C(=NNC(=O)COc2ccccc2[N+](=O)[O-])C1. The lowest BCUT2D eigenvalue weighted by Gasteiger charge is -2.22. The minimum absolute atomic E-state index is 0.0476. The average molecular weight is 343 g/mol. The van der Waals surface area contributed by atoms with Gasteiger partial charge in [-0.05, 0) is 44.2 Å². The van der Waals surface area contributed by atoms with Crippen LogP contribution in [0, 0.1) is 16.0 Å². The van der Waals surface area contributed by atoms with Gasteiger partial charge in [-0.15, -0.1) is 0 Å². The lowest BCUT2D eigenvalue weighted by atomic mass is 9.85. The molecule has 0 saturated carbocycles. The van der Waals surface area contributed by atoms with Crippen molar-refractivity contribution in [3.8, 4) is 5.75 Å². The number of amides is 1. The van der Waals surface area contributed by atoms with Gasteiger partial charge in [0, 0.05) is 6.07 Å². The molecule has 7 heteroatoms. The summed E-state index contributed by atoms with van der Waals surface area (Å²) in [6.07, 6.45) is 3.73. The first-order valence-corrected chi connectivity index (χ1v) is 7.92. The van der Waals surface area contributed by atoms with Crippen molar-refractivity contribution in [2.75, 3.05) is 6.61 Å². The van der Waals surface area contributed by atoms with E-state index in [1.54, 1.807) is 6.07 Å². The summed E-state index contributed by atoms with van der Waals surface area (Å²) in [5.74, 6) is -0.107. The van der Waals surface area contributed by atoms with Crippen LogP contribution in [-0.4, -0.2) is 23.1 Å². The number of carbonyl (C=O) groups excluding carboxylic acids is 1. The van der Waals surface area contributed by atoms with Gasteiger partial charge in [0.15, 0.2) is 12.4 Å². The number of nitrogens with zero attached hydrogens (tertiary/aromatic N) is 2. The minimum atomic E-state index is -0.554. The van der Waals surface area contributed by atoms with Crippen LogP contribution in [0.4, 0.5) is 5.69 Å². The Morgan fingerprint density at radius 3 is 2.88 bits per heavy atom. The molecule has 1 aromatic rings. The monoisotopic (exact) mass is 343 g/mol. The standard InChI is InChI=1S/C18H21N3O4/c1-12(2)14-9-8-13(3)15(10-14)19-20-18(22)11-25-17-7-5-4-6-16(17)21(23)24/h4-8,14H,1,9-11H2,2-3H3,(H,20,22)/t14-/m1/s1. The summed E-state index contributed by atoms with van der Waals surface area (Å²) in [5.41, 5.74) is 5.18. The van der Waals surface area contributed by atoms with Gasteiger partial charge in [-0.2, -0.15) is 5.10 Å². The topological polar surface area (TPSA) is 93.8 Å². The summed E-state index contributed by atoms with van der Waals surface area (Å²) >= 11 is 0. The first-order chi connectivity index (χ1) is 11.9. The third-order valence-electron chi connectivity index (χ3n) is 4.04. The van der Waals surface area contributed by atoms with E-state index in [4.69, 9.17) is 4.74 Å². The van der Waals surface area contributed by atoms with Gasteiger partial charge in [-0.25, -0.2) is 5.43 Å². The number of hydrazone groups is 1. The summed E-state index contributed by atoms with van der Waals surface area (Å²) in [7, 11) is 0. The van der Waals surface area contributed by atoms with Gasteiger partial charge in [0.2, 0.25) is 0 Å². The molecule has 0 heterocycles. The third-order valence-corrected chi connectivity index (χ3v) is 4.04. The van der Waals surface area contributed by atoms with Crippen LogP contribution in [0.25, 0.3) is 0 Å². The van der Waals surface area contributed by atoms with E-state index in [0.717, 1.165) is 29.7 Å².